The molecule has 3 aliphatic rings. The Morgan fingerprint density at radius 3 is 2.72 bits per heavy atom. The predicted octanol–water partition coefficient (Wildman–Crippen LogP) is 1.10. The summed E-state index contributed by atoms with van der Waals surface area (Å²) in [5, 5.41) is 0. The van der Waals surface area contributed by atoms with Gasteiger partial charge in [0.05, 0.1) is 28.8 Å². The largest absolute Gasteiger partial charge is 0.336 e. The summed E-state index contributed by atoms with van der Waals surface area (Å²) in [6.07, 6.45) is 3.66. The summed E-state index contributed by atoms with van der Waals surface area (Å²) in [7, 11) is -3.05. The van der Waals surface area contributed by atoms with Gasteiger partial charge in [-0.15, -0.1) is 11.3 Å². The van der Waals surface area contributed by atoms with Gasteiger partial charge in [0.25, 0.3) is 0 Å². The van der Waals surface area contributed by atoms with Crippen LogP contribution in [0.3, 0.4) is 0 Å². The van der Waals surface area contributed by atoms with Crippen LogP contribution in [0.15, 0.2) is 5.51 Å². The molecule has 0 bridgehead atoms. The van der Waals surface area contributed by atoms with Gasteiger partial charge in [0.2, 0.25) is 5.91 Å². The number of hydrogen-bond acceptors (Lipinski definition) is 6. The number of aryl methyl sites for hydroxylation is 2. The number of thiazole rings is 1. The van der Waals surface area contributed by atoms with E-state index in [4.69, 9.17) is 0 Å². The maximum atomic E-state index is 12.8. The number of sulfone groups is 1. The van der Waals surface area contributed by atoms with Crippen molar-refractivity contribution in [2.75, 3.05) is 31.1 Å². The number of piperazine rings is 1. The van der Waals surface area contributed by atoms with E-state index in [1.165, 1.54) is 12.8 Å². The highest BCUT2D eigenvalue weighted by Gasteiger charge is 2.48. The number of rotatable bonds is 5. The quantitative estimate of drug-likeness (QED) is 0.762. The molecular formula is C17H25N3O3S2. The zero-order valence-corrected chi connectivity index (χ0v) is 16.2. The fourth-order valence-corrected chi connectivity index (χ4v) is 6.92. The Kier molecular flexibility index (Phi) is 4.62. The molecule has 0 unspecified atom stereocenters. The summed E-state index contributed by atoms with van der Waals surface area (Å²) in [5.74, 6) is 1.17. The second kappa shape index (κ2) is 6.63. The Hall–Kier alpha value is -0.990. The summed E-state index contributed by atoms with van der Waals surface area (Å²) in [6.45, 7) is 4.42. The molecule has 0 spiro atoms. The fraction of sp³-hybridized carbons (Fsp3) is 0.765. The molecule has 1 aliphatic carbocycles. The van der Waals surface area contributed by atoms with Crippen molar-refractivity contribution in [1.82, 2.24) is 14.8 Å². The summed E-state index contributed by atoms with van der Waals surface area (Å²) in [6, 6.07) is -0.166. The van der Waals surface area contributed by atoms with Gasteiger partial charge in [-0.3, -0.25) is 9.69 Å². The normalized spacial score (nSPS) is 28.9. The molecule has 1 aromatic heterocycles. The lowest BCUT2D eigenvalue weighted by molar-refractivity contribution is -0.137. The molecule has 1 saturated carbocycles. The Labute approximate surface area is 153 Å². The monoisotopic (exact) mass is 383 g/mol. The topological polar surface area (TPSA) is 70.6 Å². The SMILES string of the molecule is Cc1ncsc1CCC(=O)N1CCN(CC2CC2)[C@@H]2CS(=O)(=O)C[C@@H]21. The first-order valence-electron chi connectivity index (χ1n) is 9.06. The highest BCUT2D eigenvalue weighted by atomic mass is 32.2. The highest BCUT2D eigenvalue weighted by molar-refractivity contribution is 7.91. The molecule has 1 aromatic rings. The number of aromatic nitrogens is 1. The number of amides is 1. The minimum Gasteiger partial charge on any atom is -0.336 e. The Bertz CT molecular complexity index is 757. The lowest BCUT2D eigenvalue weighted by Crippen LogP contribution is -2.60. The van der Waals surface area contributed by atoms with E-state index >= 15 is 0 Å². The van der Waals surface area contributed by atoms with E-state index < -0.39 is 9.84 Å². The van der Waals surface area contributed by atoms with Gasteiger partial charge >= 0.3 is 0 Å². The first-order chi connectivity index (χ1) is 11.9. The fourth-order valence-electron chi connectivity index (χ4n) is 4.12. The minimum absolute atomic E-state index is 0.00607. The molecule has 8 heteroatoms. The Balaban J connectivity index is 1.44. The minimum atomic E-state index is -3.05. The van der Waals surface area contributed by atoms with E-state index in [2.05, 4.69) is 9.88 Å². The van der Waals surface area contributed by atoms with Crippen LogP contribution in [0, 0.1) is 12.8 Å². The van der Waals surface area contributed by atoms with Crippen molar-refractivity contribution in [3.05, 3.63) is 16.1 Å². The molecular weight excluding hydrogens is 358 g/mol. The molecule has 0 N–H and O–H groups in total. The molecule has 2 atom stereocenters. The molecule has 0 radical (unpaired) electrons. The van der Waals surface area contributed by atoms with Crippen LogP contribution >= 0.6 is 11.3 Å². The smallest absolute Gasteiger partial charge is 0.223 e. The number of hydrogen-bond donors (Lipinski definition) is 0. The standard InChI is InChI=1S/C17H25N3O3S2/c1-12-16(24-11-18-12)4-5-17(21)20-7-6-19(8-13-2-3-13)14-9-25(22,23)10-15(14)20/h11,13-15H,2-10H2,1H3/t14-,15+/m1/s1. The highest BCUT2D eigenvalue weighted by Crippen LogP contribution is 2.34. The van der Waals surface area contributed by atoms with Crippen molar-refractivity contribution in [2.45, 2.75) is 44.7 Å². The van der Waals surface area contributed by atoms with Gasteiger partial charge in [-0.1, -0.05) is 0 Å². The number of fused-ring (bicyclic) bond motifs is 1. The van der Waals surface area contributed by atoms with Crippen molar-refractivity contribution < 1.29 is 13.2 Å². The Morgan fingerprint density at radius 1 is 1.28 bits per heavy atom. The summed E-state index contributed by atoms with van der Waals surface area (Å²) < 4.78 is 24.5. The second-order valence-corrected chi connectivity index (χ2v) is 10.7. The molecule has 6 nitrogen and oxygen atoms in total. The maximum absolute atomic E-state index is 12.8. The Morgan fingerprint density at radius 2 is 2.04 bits per heavy atom. The number of carbonyl (C=O) groups is 1. The van der Waals surface area contributed by atoms with E-state index in [1.54, 1.807) is 11.3 Å². The van der Waals surface area contributed by atoms with Crippen LogP contribution in [-0.4, -0.2) is 72.3 Å². The third-order valence-electron chi connectivity index (χ3n) is 5.71. The van der Waals surface area contributed by atoms with Crippen LogP contribution in [0.25, 0.3) is 0 Å². The van der Waals surface area contributed by atoms with Crippen molar-refractivity contribution in [3.63, 3.8) is 0 Å². The zero-order valence-electron chi connectivity index (χ0n) is 14.6. The average molecular weight is 384 g/mol. The molecule has 138 valence electrons. The van der Waals surface area contributed by atoms with Gasteiger partial charge < -0.3 is 4.90 Å². The van der Waals surface area contributed by atoms with Crippen molar-refractivity contribution in [2.24, 2.45) is 5.92 Å². The molecule has 2 saturated heterocycles. The van der Waals surface area contributed by atoms with Gasteiger partial charge in [-0.2, -0.15) is 0 Å². The van der Waals surface area contributed by atoms with Crippen LogP contribution in [0.1, 0.15) is 29.8 Å². The lowest BCUT2D eigenvalue weighted by atomic mass is 10.0. The van der Waals surface area contributed by atoms with Crippen LogP contribution in [-0.2, 0) is 21.1 Å². The molecule has 25 heavy (non-hydrogen) atoms. The summed E-state index contributed by atoms with van der Waals surface area (Å²) in [4.78, 5) is 22.4. The average Bonchev–Trinajstić information content (AvgIpc) is 3.18. The predicted molar refractivity (Wildman–Crippen MR) is 97.4 cm³/mol. The first-order valence-corrected chi connectivity index (χ1v) is 11.8. The van der Waals surface area contributed by atoms with E-state index in [0.29, 0.717) is 19.4 Å². The van der Waals surface area contributed by atoms with Crippen molar-refractivity contribution in [1.29, 1.82) is 0 Å². The van der Waals surface area contributed by atoms with E-state index in [1.807, 2.05) is 17.3 Å². The van der Waals surface area contributed by atoms with E-state index in [9.17, 15) is 13.2 Å². The van der Waals surface area contributed by atoms with Gasteiger partial charge in [0.1, 0.15) is 0 Å². The maximum Gasteiger partial charge on any atom is 0.223 e. The van der Waals surface area contributed by atoms with Gasteiger partial charge in [-0.25, -0.2) is 13.4 Å². The van der Waals surface area contributed by atoms with E-state index in [-0.39, 0.29) is 29.5 Å². The second-order valence-electron chi connectivity index (χ2n) is 7.60. The van der Waals surface area contributed by atoms with Gasteiger partial charge in [0.15, 0.2) is 9.84 Å². The number of carbonyl (C=O) groups excluding carboxylic acids is 1. The van der Waals surface area contributed by atoms with Crippen LogP contribution in [0.5, 0.6) is 0 Å². The van der Waals surface area contributed by atoms with Crippen LogP contribution < -0.4 is 0 Å². The van der Waals surface area contributed by atoms with Gasteiger partial charge in [0, 0.05) is 37.0 Å². The number of nitrogens with zero attached hydrogens (tertiary/aromatic N) is 3. The first kappa shape index (κ1) is 17.4. The van der Waals surface area contributed by atoms with Gasteiger partial charge in [-0.05, 0) is 32.1 Å². The molecule has 3 fully saturated rings. The lowest BCUT2D eigenvalue weighted by Gasteiger charge is -2.44. The van der Waals surface area contributed by atoms with Crippen LogP contribution in [0.2, 0.25) is 0 Å². The molecule has 1 amide bonds. The third kappa shape index (κ3) is 3.75. The summed E-state index contributed by atoms with van der Waals surface area (Å²) in [5.41, 5.74) is 2.80. The van der Waals surface area contributed by atoms with Crippen molar-refractivity contribution >= 4 is 27.1 Å². The molecule has 2 aliphatic heterocycles. The molecule has 4 rings (SSSR count). The molecule has 0 aromatic carbocycles. The van der Waals surface area contributed by atoms with E-state index in [0.717, 1.165) is 29.6 Å². The molecule has 3 heterocycles. The summed E-state index contributed by atoms with van der Waals surface area (Å²) >= 11 is 1.59. The van der Waals surface area contributed by atoms with Crippen LogP contribution in [0.4, 0.5) is 0 Å². The van der Waals surface area contributed by atoms with Crippen molar-refractivity contribution in [3.8, 4) is 0 Å². The third-order valence-corrected chi connectivity index (χ3v) is 8.41. The zero-order chi connectivity index (χ0) is 17.6.